The van der Waals surface area contributed by atoms with Gasteiger partial charge in [-0.15, -0.1) is 0 Å². The van der Waals surface area contributed by atoms with Crippen LogP contribution in [0.5, 0.6) is 5.75 Å². The van der Waals surface area contributed by atoms with E-state index >= 15 is 0 Å². The van der Waals surface area contributed by atoms with Gasteiger partial charge in [0.05, 0.1) is 0 Å². The lowest BCUT2D eigenvalue weighted by molar-refractivity contribution is -0.148. The molecule has 1 aromatic carbocycles. The second kappa shape index (κ2) is 4.84. The molecule has 0 unspecified atom stereocenters. The summed E-state index contributed by atoms with van der Waals surface area (Å²) in [6.07, 6.45) is 2.84. The molecule has 0 radical (unpaired) electrons. The molecule has 0 saturated carbocycles. The molecule has 0 aliphatic rings. The first-order valence-electron chi connectivity index (χ1n) is 5.07. The number of hydrogen-bond acceptors (Lipinski definition) is 3. The van der Waals surface area contributed by atoms with Crippen LogP contribution >= 0.6 is 0 Å². The van der Waals surface area contributed by atoms with E-state index in [9.17, 15) is 9.90 Å². The third-order valence-electron chi connectivity index (χ3n) is 1.74. The molecule has 1 rings (SSSR count). The van der Waals surface area contributed by atoms with Gasteiger partial charge in [-0.3, -0.25) is 0 Å². The van der Waals surface area contributed by atoms with Crippen LogP contribution in [-0.2, 0) is 9.53 Å². The van der Waals surface area contributed by atoms with Crippen molar-refractivity contribution in [2.24, 2.45) is 0 Å². The number of rotatable bonds is 2. The molecule has 1 N–H and O–H groups in total. The summed E-state index contributed by atoms with van der Waals surface area (Å²) in [5.41, 5.74) is 0.0912. The summed E-state index contributed by atoms with van der Waals surface area (Å²) in [5.74, 6) is -0.280. The number of phenols is 1. The number of phenolic OH excluding ortho intramolecular Hbond substituents is 1. The smallest absolute Gasteiger partial charge is 0.331 e. The third-order valence-corrected chi connectivity index (χ3v) is 1.74. The first-order chi connectivity index (χ1) is 7.38. The lowest BCUT2D eigenvalue weighted by atomic mass is 10.2. The van der Waals surface area contributed by atoms with Gasteiger partial charge in [-0.25, -0.2) is 4.79 Å². The summed E-state index contributed by atoms with van der Waals surface area (Å²) in [4.78, 5) is 11.4. The number of hydrogen-bond donors (Lipinski definition) is 1. The first kappa shape index (κ1) is 12.3. The number of aromatic hydroxyl groups is 1. The predicted molar refractivity (Wildman–Crippen MR) is 63.0 cm³/mol. The highest BCUT2D eigenvalue weighted by atomic mass is 16.6. The van der Waals surface area contributed by atoms with Crippen LogP contribution in [0, 0.1) is 0 Å². The zero-order chi connectivity index (χ0) is 12.2. The molecule has 0 aromatic heterocycles. The molecule has 16 heavy (non-hydrogen) atoms. The van der Waals surface area contributed by atoms with Crippen molar-refractivity contribution in [1.29, 1.82) is 0 Å². The maximum atomic E-state index is 11.4. The van der Waals surface area contributed by atoms with E-state index in [2.05, 4.69) is 0 Å². The maximum Gasteiger partial charge on any atom is 0.331 e. The number of carbonyl (C=O) groups excluding carboxylic acids is 1. The summed E-state index contributed by atoms with van der Waals surface area (Å²) in [6.45, 7) is 5.41. The van der Waals surface area contributed by atoms with Gasteiger partial charge in [0.25, 0.3) is 0 Å². The molecule has 0 heterocycles. The van der Waals surface area contributed by atoms with Crippen LogP contribution in [0.4, 0.5) is 0 Å². The monoisotopic (exact) mass is 220 g/mol. The lowest BCUT2D eigenvalue weighted by Gasteiger charge is -2.17. The van der Waals surface area contributed by atoms with Crippen molar-refractivity contribution in [1.82, 2.24) is 0 Å². The van der Waals surface area contributed by atoms with Crippen molar-refractivity contribution in [3.05, 3.63) is 35.9 Å². The van der Waals surface area contributed by atoms with E-state index in [1.165, 1.54) is 12.2 Å². The van der Waals surface area contributed by atoms with Gasteiger partial charge < -0.3 is 9.84 Å². The Balaban J connectivity index is 2.68. The molecule has 0 atom stereocenters. The SMILES string of the molecule is CC(C)(C)OC(=O)C=Cc1ccccc1O. The minimum absolute atomic E-state index is 0.141. The number of esters is 1. The standard InChI is InChI=1S/C13H16O3/c1-13(2,3)16-12(15)9-8-10-6-4-5-7-11(10)14/h4-9,14H,1-3H3. The Bertz CT molecular complexity index is 400. The fourth-order valence-corrected chi connectivity index (χ4v) is 1.12. The second-order valence-corrected chi connectivity index (χ2v) is 4.43. The number of carbonyl (C=O) groups is 1. The summed E-state index contributed by atoms with van der Waals surface area (Å²) in [7, 11) is 0. The Kier molecular flexibility index (Phi) is 3.72. The first-order valence-corrected chi connectivity index (χ1v) is 5.07. The van der Waals surface area contributed by atoms with Crippen LogP contribution in [-0.4, -0.2) is 16.7 Å². The lowest BCUT2D eigenvalue weighted by Crippen LogP contribution is -2.22. The Hall–Kier alpha value is -1.77. The highest BCUT2D eigenvalue weighted by molar-refractivity contribution is 5.87. The molecular formula is C13H16O3. The van der Waals surface area contributed by atoms with Crippen molar-refractivity contribution < 1.29 is 14.6 Å². The third kappa shape index (κ3) is 4.17. The number of para-hydroxylation sites is 1. The molecule has 86 valence electrons. The van der Waals surface area contributed by atoms with Crippen LogP contribution in [0.15, 0.2) is 30.3 Å². The van der Waals surface area contributed by atoms with Crippen molar-refractivity contribution >= 4 is 12.0 Å². The van der Waals surface area contributed by atoms with E-state index in [0.717, 1.165) is 0 Å². The highest BCUT2D eigenvalue weighted by Gasteiger charge is 2.13. The minimum Gasteiger partial charge on any atom is -0.507 e. The van der Waals surface area contributed by atoms with Crippen LogP contribution in [0.1, 0.15) is 26.3 Å². The highest BCUT2D eigenvalue weighted by Crippen LogP contribution is 2.17. The van der Waals surface area contributed by atoms with Gasteiger partial charge in [0, 0.05) is 11.6 Å². The summed E-state index contributed by atoms with van der Waals surface area (Å²) in [5, 5.41) is 9.45. The van der Waals surface area contributed by atoms with Gasteiger partial charge in [-0.05, 0) is 32.9 Å². The van der Waals surface area contributed by atoms with E-state index < -0.39 is 11.6 Å². The molecule has 3 heteroatoms. The molecule has 0 aliphatic heterocycles. The van der Waals surface area contributed by atoms with Crippen molar-refractivity contribution in [3.8, 4) is 5.75 Å². The summed E-state index contributed by atoms with van der Waals surface area (Å²) < 4.78 is 5.09. The Morgan fingerprint density at radius 2 is 1.94 bits per heavy atom. The van der Waals surface area contributed by atoms with E-state index in [0.29, 0.717) is 5.56 Å². The van der Waals surface area contributed by atoms with E-state index in [1.807, 2.05) is 0 Å². The normalized spacial score (nSPS) is 11.7. The Morgan fingerprint density at radius 3 is 2.50 bits per heavy atom. The molecular weight excluding hydrogens is 204 g/mol. The number of benzene rings is 1. The van der Waals surface area contributed by atoms with Crippen LogP contribution < -0.4 is 0 Å². The van der Waals surface area contributed by atoms with Gasteiger partial charge in [0.1, 0.15) is 11.4 Å². The topological polar surface area (TPSA) is 46.5 Å². The van der Waals surface area contributed by atoms with Crippen LogP contribution in [0.2, 0.25) is 0 Å². The quantitative estimate of drug-likeness (QED) is 0.615. The molecule has 0 amide bonds. The fourth-order valence-electron chi connectivity index (χ4n) is 1.12. The van der Waals surface area contributed by atoms with Crippen molar-refractivity contribution in [2.75, 3.05) is 0 Å². The molecule has 0 fully saturated rings. The number of ether oxygens (including phenoxy) is 1. The minimum atomic E-state index is -0.500. The fraction of sp³-hybridized carbons (Fsp3) is 0.308. The van der Waals surface area contributed by atoms with E-state index in [-0.39, 0.29) is 5.75 Å². The molecule has 0 aliphatic carbocycles. The Morgan fingerprint density at radius 1 is 1.31 bits per heavy atom. The maximum absolute atomic E-state index is 11.4. The largest absolute Gasteiger partial charge is 0.507 e. The molecule has 0 bridgehead atoms. The van der Waals surface area contributed by atoms with Gasteiger partial charge in [-0.1, -0.05) is 18.2 Å². The summed E-state index contributed by atoms with van der Waals surface area (Å²) >= 11 is 0. The Labute approximate surface area is 95.4 Å². The molecule has 0 spiro atoms. The molecule has 3 nitrogen and oxygen atoms in total. The van der Waals surface area contributed by atoms with E-state index in [4.69, 9.17) is 4.74 Å². The second-order valence-electron chi connectivity index (χ2n) is 4.43. The van der Waals surface area contributed by atoms with E-state index in [1.54, 1.807) is 45.0 Å². The van der Waals surface area contributed by atoms with Gasteiger partial charge in [0.15, 0.2) is 0 Å². The van der Waals surface area contributed by atoms with Crippen LogP contribution in [0.3, 0.4) is 0 Å². The molecule has 1 aromatic rings. The summed E-state index contributed by atoms with van der Waals surface area (Å²) in [6, 6.07) is 6.79. The van der Waals surface area contributed by atoms with Crippen LogP contribution in [0.25, 0.3) is 6.08 Å². The van der Waals surface area contributed by atoms with Crippen molar-refractivity contribution in [3.63, 3.8) is 0 Å². The van der Waals surface area contributed by atoms with Gasteiger partial charge >= 0.3 is 5.97 Å². The zero-order valence-corrected chi connectivity index (χ0v) is 9.73. The molecule has 0 saturated heterocycles. The van der Waals surface area contributed by atoms with Crippen molar-refractivity contribution in [2.45, 2.75) is 26.4 Å². The van der Waals surface area contributed by atoms with Gasteiger partial charge in [0.2, 0.25) is 0 Å². The average molecular weight is 220 g/mol. The predicted octanol–water partition coefficient (Wildman–Crippen LogP) is 2.75. The van der Waals surface area contributed by atoms with Gasteiger partial charge in [-0.2, -0.15) is 0 Å². The zero-order valence-electron chi connectivity index (χ0n) is 9.73. The average Bonchev–Trinajstić information content (AvgIpc) is 2.14.